The van der Waals surface area contributed by atoms with Gasteiger partial charge in [0.05, 0.1) is 12.6 Å². The first-order chi connectivity index (χ1) is 14.1. The molecule has 1 rings (SSSR count). The third-order valence-electron chi connectivity index (χ3n) is 4.07. The number of rotatable bonds is 11. The average molecular weight is 442 g/mol. The first-order valence-electron chi connectivity index (χ1n) is 8.98. The zero-order valence-electron chi connectivity index (χ0n) is 16.2. The number of aliphatic carboxylic acids is 1. The molecule has 0 aliphatic heterocycles. The number of nitrogens with one attached hydrogen (secondary N) is 3. The molecule has 0 saturated carbocycles. The van der Waals surface area contributed by atoms with Gasteiger partial charge in [-0.3, -0.25) is 14.4 Å². The van der Waals surface area contributed by atoms with E-state index in [1.54, 1.807) is 0 Å². The van der Waals surface area contributed by atoms with E-state index in [0.29, 0.717) is 5.56 Å². The topological polar surface area (TPSA) is 191 Å². The zero-order valence-corrected chi connectivity index (χ0v) is 17.1. The van der Waals surface area contributed by atoms with Crippen LogP contribution in [0.15, 0.2) is 24.3 Å². The molecule has 0 aliphatic rings. The molecule has 1 aromatic carbocycles. The van der Waals surface area contributed by atoms with E-state index in [9.17, 15) is 34.5 Å². The summed E-state index contributed by atoms with van der Waals surface area (Å²) < 4.78 is 0. The Morgan fingerprint density at radius 1 is 1.03 bits per heavy atom. The summed E-state index contributed by atoms with van der Waals surface area (Å²) in [5.74, 6) is -3.74. The summed E-state index contributed by atoms with van der Waals surface area (Å²) in [5, 5.41) is 35.5. The lowest BCUT2D eigenvalue weighted by Crippen LogP contribution is -2.59. The van der Waals surface area contributed by atoms with Crippen molar-refractivity contribution in [1.29, 1.82) is 0 Å². The third kappa shape index (κ3) is 7.89. The van der Waals surface area contributed by atoms with Crippen molar-refractivity contribution >= 4 is 36.3 Å². The smallest absolute Gasteiger partial charge is 0.326 e. The second kappa shape index (κ2) is 12.0. The van der Waals surface area contributed by atoms with Crippen molar-refractivity contribution in [1.82, 2.24) is 16.0 Å². The van der Waals surface area contributed by atoms with Crippen molar-refractivity contribution in [2.24, 2.45) is 5.73 Å². The van der Waals surface area contributed by atoms with E-state index in [4.69, 9.17) is 5.73 Å². The molecule has 0 aromatic heterocycles. The Bertz CT molecular complexity index is 757. The summed E-state index contributed by atoms with van der Waals surface area (Å²) in [6.07, 6.45) is -1.45. The van der Waals surface area contributed by atoms with Crippen LogP contribution in [0.25, 0.3) is 0 Å². The van der Waals surface area contributed by atoms with Crippen molar-refractivity contribution in [3.05, 3.63) is 29.8 Å². The number of nitrogens with two attached hydrogens (primary N) is 1. The summed E-state index contributed by atoms with van der Waals surface area (Å²) in [4.78, 5) is 47.8. The summed E-state index contributed by atoms with van der Waals surface area (Å²) in [6.45, 7) is 0.893. The Kier molecular flexibility index (Phi) is 10.1. The van der Waals surface area contributed by atoms with E-state index in [1.807, 2.05) is 0 Å². The number of amides is 3. The van der Waals surface area contributed by atoms with Crippen LogP contribution in [0, 0.1) is 0 Å². The van der Waals surface area contributed by atoms with E-state index >= 15 is 0 Å². The van der Waals surface area contributed by atoms with Crippen LogP contribution in [0.1, 0.15) is 12.5 Å². The van der Waals surface area contributed by atoms with Gasteiger partial charge in [0.2, 0.25) is 17.7 Å². The quantitative estimate of drug-likeness (QED) is 0.176. The highest BCUT2D eigenvalue weighted by atomic mass is 32.1. The number of hydrogen-bond donors (Lipinski definition) is 8. The maximum Gasteiger partial charge on any atom is 0.326 e. The van der Waals surface area contributed by atoms with Crippen molar-refractivity contribution < 1.29 is 34.5 Å². The number of thiol groups is 1. The molecule has 0 saturated heterocycles. The van der Waals surface area contributed by atoms with Gasteiger partial charge in [-0.2, -0.15) is 12.6 Å². The highest BCUT2D eigenvalue weighted by Crippen LogP contribution is 2.11. The van der Waals surface area contributed by atoms with Crippen molar-refractivity contribution in [3.8, 4) is 5.75 Å². The van der Waals surface area contributed by atoms with E-state index in [-0.39, 0.29) is 24.5 Å². The average Bonchev–Trinajstić information content (AvgIpc) is 2.70. The molecule has 1 aromatic rings. The first-order valence-corrected chi connectivity index (χ1v) is 9.62. The molecule has 0 radical (unpaired) electrons. The molecule has 4 atom stereocenters. The molecule has 0 fully saturated rings. The summed E-state index contributed by atoms with van der Waals surface area (Å²) >= 11 is 3.96. The lowest BCUT2D eigenvalue weighted by molar-refractivity contribution is -0.143. The number of carboxylic acids is 1. The Hall–Kier alpha value is -2.83. The van der Waals surface area contributed by atoms with E-state index in [0.717, 1.165) is 0 Å². The zero-order chi connectivity index (χ0) is 22.8. The standard InChI is InChI=1S/C18H26N4O7S/c1-9(23)15(22-16(26)13(8-30)20-14(25)7-19)17(27)21-12(18(28)29)6-10-2-4-11(24)5-3-10/h2-5,9,12-13,15,23-24,30H,6-8,19H2,1H3,(H,20,25)(H,21,27)(H,22,26)(H,28,29). The van der Waals surface area contributed by atoms with Gasteiger partial charge in [-0.15, -0.1) is 0 Å². The number of carboxylic acid groups (broad SMARTS) is 1. The largest absolute Gasteiger partial charge is 0.508 e. The number of hydrogen-bond acceptors (Lipinski definition) is 8. The SMILES string of the molecule is CC(O)C(NC(=O)C(CS)NC(=O)CN)C(=O)NC(Cc1ccc(O)cc1)C(=O)O. The van der Waals surface area contributed by atoms with Crippen LogP contribution in [0.3, 0.4) is 0 Å². The minimum absolute atomic E-state index is 0.00649. The molecule has 0 spiro atoms. The van der Waals surface area contributed by atoms with E-state index < -0.39 is 47.9 Å². The fourth-order valence-electron chi connectivity index (χ4n) is 2.44. The van der Waals surface area contributed by atoms with Crippen LogP contribution in [0.4, 0.5) is 0 Å². The summed E-state index contributed by atoms with van der Waals surface area (Å²) in [6, 6.07) is 1.83. The Morgan fingerprint density at radius 3 is 2.10 bits per heavy atom. The second-order valence-electron chi connectivity index (χ2n) is 6.50. The maximum absolute atomic E-state index is 12.6. The van der Waals surface area contributed by atoms with Gasteiger partial charge in [0.25, 0.3) is 0 Å². The number of carbonyl (C=O) groups is 4. The van der Waals surface area contributed by atoms with Crippen LogP contribution in [0.2, 0.25) is 0 Å². The predicted octanol–water partition coefficient (Wildman–Crippen LogP) is -2.26. The van der Waals surface area contributed by atoms with Gasteiger partial charge in [0.1, 0.15) is 23.9 Å². The van der Waals surface area contributed by atoms with Gasteiger partial charge >= 0.3 is 5.97 Å². The molecule has 0 aliphatic carbocycles. The lowest BCUT2D eigenvalue weighted by Gasteiger charge is -2.25. The molecular formula is C18H26N4O7S. The molecule has 11 nitrogen and oxygen atoms in total. The molecular weight excluding hydrogens is 416 g/mol. The highest BCUT2D eigenvalue weighted by molar-refractivity contribution is 7.80. The van der Waals surface area contributed by atoms with Gasteiger partial charge in [0, 0.05) is 12.2 Å². The number of carbonyl (C=O) groups excluding carboxylic acids is 3. The molecule has 12 heteroatoms. The fraction of sp³-hybridized carbons (Fsp3) is 0.444. The van der Waals surface area contributed by atoms with Crippen molar-refractivity contribution in [3.63, 3.8) is 0 Å². The highest BCUT2D eigenvalue weighted by Gasteiger charge is 2.31. The minimum atomic E-state index is -1.48. The van der Waals surface area contributed by atoms with Gasteiger partial charge in [0.15, 0.2) is 0 Å². The Labute approximate surface area is 178 Å². The number of aliphatic hydroxyl groups excluding tert-OH is 1. The van der Waals surface area contributed by atoms with Crippen LogP contribution >= 0.6 is 12.6 Å². The summed E-state index contributed by atoms with van der Waals surface area (Å²) in [7, 11) is 0. The lowest BCUT2D eigenvalue weighted by atomic mass is 10.0. The monoisotopic (exact) mass is 442 g/mol. The summed E-state index contributed by atoms with van der Waals surface area (Å²) in [5.41, 5.74) is 5.72. The van der Waals surface area contributed by atoms with Gasteiger partial charge < -0.3 is 37.0 Å². The Balaban J connectivity index is 2.87. The number of aliphatic hydroxyl groups is 1. The number of phenols is 1. The van der Waals surface area contributed by atoms with Crippen molar-refractivity contribution in [2.45, 2.75) is 37.6 Å². The molecule has 8 N–H and O–H groups in total. The maximum atomic E-state index is 12.6. The fourth-order valence-corrected chi connectivity index (χ4v) is 2.69. The van der Waals surface area contributed by atoms with Gasteiger partial charge in [-0.05, 0) is 24.6 Å². The van der Waals surface area contributed by atoms with E-state index in [2.05, 4.69) is 28.6 Å². The molecule has 3 amide bonds. The number of aromatic hydroxyl groups is 1. The normalized spacial score (nSPS) is 14.7. The molecule has 0 heterocycles. The Morgan fingerprint density at radius 2 is 1.63 bits per heavy atom. The molecule has 166 valence electrons. The number of phenolic OH excluding ortho intramolecular Hbond substituents is 1. The van der Waals surface area contributed by atoms with Gasteiger partial charge in [-0.1, -0.05) is 12.1 Å². The molecule has 30 heavy (non-hydrogen) atoms. The van der Waals surface area contributed by atoms with Gasteiger partial charge in [-0.25, -0.2) is 4.79 Å². The van der Waals surface area contributed by atoms with E-state index in [1.165, 1.54) is 31.2 Å². The molecule has 4 unspecified atom stereocenters. The van der Waals surface area contributed by atoms with Crippen LogP contribution < -0.4 is 21.7 Å². The number of benzene rings is 1. The van der Waals surface area contributed by atoms with Crippen LogP contribution in [-0.2, 0) is 25.6 Å². The second-order valence-corrected chi connectivity index (χ2v) is 6.87. The van der Waals surface area contributed by atoms with Crippen molar-refractivity contribution in [2.75, 3.05) is 12.3 Å². The third-order valence-corrected chi connectivity index (χ3v) is 4.44. The molecule has 0 bridgehead atoms. The predicted molar refractivity (Wildman–Crippen MR) is 110 cm³/mol. The van der Waals surface area contributed by atoms with Crippen LogP contribution in [0.5, 0.6) is 5.75 Å². The minimum Gasteiger partial charge on any atom is -0.508 e. The van der Waals surface area contributed by atoms with Crippen LogP contribution in [-0.4, -0.2) is 75.5 Å². The first kappa shape index (κ1) is 25.2.